The van der Waals surface area contributed by atoms with E-state index in [9.17, 15) is 9.59 Å². The van der Waals surface area contributed by atoms with Gasteiger partial charge in [0, 0.05) is 20.1 Å². The Balaban J connectivity index is 1.96. The summed E-state index contributed by atoms with van der Waals surface area (Å²) in [5, 5.41) is 5.64. The Hall–Kier alpha value is -1.88. The van der Waals surface area contributed by atoms with Crippen molar-refractivity contribution in [2.24, 2.45) is 0 Å². The third kappa shape index (κ3) is 3.32. The highest BCUT2D eigenvalue weighted by atomic mass is 16.2. The predicted molar refractivity (Wildman–Crippen MR) is 72.5 cm³/mol. The molecule has 5 nitrogen and oxygen atoms in total. The molecule has 0 bridgehead atoms. The Morgan fingerprint density at radius 3 is 2.79 bits per heavy atom. The fourth-order valence-corrected chi connectivity index (χ4v) is 2.13. The molecule has 1 heterocycles. The van der Waals surface area contributed by atoms with Gasteiger partial charge >= 0.3 is 0 Å². The molecule has 1 atom stereocenters. The summed E-state index contributed by atoms with van der Waals surface area (Å²) in [7, 11) is 1.78. The molecule has 0 saturated carbocycles. The third-order valence-corrected chi connectivity index (χ3v) is 3.36. The Bertz CT molecular complexity index is 477. The van der Waals surface area contributed by atoms with Gasteiger partial charge in [0.05, 0.1) is 6.54 Å². The summed E-state index contributed by atoms with van der Waals surface area (Å²) in [5.74, 6) is -0.0612. The van der Waals surface area contributed by atoms with E-state index in [0.717, 1.165) is 5.56 Å². The zero-order valence-corrected chi connectivity index (χ0v) is 11.3. The van der Waals surface area contributed by atoms with Crippen molar-refractivity contribution in [2.75, 3.05) is 20.1 Å². The fraction of sp³-hybridized carbons (Fsp3) is 0.429. The molecule has 0 aliphatic carbocycles. The van der Waals surface area contributed by atoms with Gasteiger partial charge in [-0.2, -0.15) is 0 Å². The maximum atomic E-state index is 12.2. The van der Waals surface area contributed by atoms with Crippen LogP contribution in [-0.4, -0.2) is 42.9 Å². The van der Waals surface area contributed by atoms with Gasteiger partial charge in [0.2, 0.25) is 11.8 Å². The van der Waals surface area contributed by atoms with Crippen molar-refractivity contribution in [3.8, 4) is 0 Å². The van der Waals surface area contributed by atoms with Gasteiger partial charge in [0.25, 0.3) is 0 Å². The number of nitrogens with one attached hydrogen (secondary N) is 2. The highest BCUT2D eigenvalue weighted by Crippen LogP contribution is 2.10. The molecule has 0 spiro atoms. The van der Waals surface area contributed by atoms with E-state index in [0.29, 0.717) is 13.1 Å². The topological polar surface area (TPSA) is 61.4 Å². The average Bonchev–Trinajstić information content (AvgIpc) is 2.41. The number of carbonyl (C=O) groups is 2. The van der Waals surface area contributed by atoms with Crippen LogP contribution in [0.25, 0.3) is 0 Å². The number of nitrogens with zero attached hydrogens (tertiary/aromatic N) is 1. The molecule has 19 heavy (non-hydrogen) atoms. The van der Waals surface area contributed by atoms with Gasteiger partial charge in [-0.15, -0.1) is 0 Å². The molecule has 0 aromatic heterocycles. The van der Waals surface area contributed by atoms with Crippen LogP contribution in [0.3, 0.4) is 0 Å². The molecule has 1 unspecified atom stereocenters. The molecule has 1 fully saturated rings. The maximum absolute atomic E-state index is 12.2. The van der Waals surface area contributed by atoms with Crippen molar-refractivity contribution in [1.29, 1.82) is 0 Å². The minimum absolute atomic E-state index is 0.00301. The lowest BCUT2D eigenvalue weighted by atomic mass is 10.1. The number of benzene rings is 1. The van der Waals surface area contributed by atoms with Crippen LogP contribution in [-0.2, 0) is 16.1 Å². The number of hydrogen-bond acceptors (Lipinski definition) is 3. The van der Waals surface area contributed by atoms with Crippen LogP contribution in [0.4, 0.5) is 0 Å². The number of rotatable bonds is 3. The van der Waals surface area contributed by atoms with Gasteiger partial charge in [-0.05, 0) is 18.1 Å². The number of hydrogen-bond donors (Lipinski definition) is 2. The van der Waals surface area contributed by atoms with Crippen molar-refractivity contribution in [3.63, 3.8) is 0 Å². The number of piperazine rings is 1. The van der Waals surface area contributed by atoms with E-state index >= 15 is 0 Å². The SMILES string of the molecule is Cc1ccccc1CN(C)C(=O)C1CNC(=O)CN1. The molecule has 102 valence electrons. The van der Waals surface area contributed by atoms with Gasteiger partial charge in [-0.3, -0.25) is 14.9 Å². The van der Waals surface area contributed by atoms with Gasteiger partial charge in [-0.1, -0.05) is 24.3 Å². The molecule has 2 amide bonds. The summed E-state index contributed by atoms with van der Waals surface area (Å²) in [6, 6.07) is 7.69. The normalized spacial score (nSPS) is 18.8. The first-order valence-electron chi connectivity index (χ1n) is 6.37. The van der Waals surface area contributed by atoms with E-state index in [4.69, 9.17) is 0 Å². The van der Waals surface area contributed by atoms with Crippen LogP contribution < -0.4 is 10.6 Å². The standard InChI is InChI=1S/C14H19N3O2/c1-10-5-3-4-6-11(10)9-17(2)14(19)12-7-16-13(18)8-15-12/h3-6,12,15H,7-9H2,1-2H3,(H,16,18). The molecule has 1 saturated heterocycles. The molecule has 1 aliphatic rings. The second-order valence-electron chi connectivity index (χ2n) is 4.86. The zero-order chi connectivity index (χ0) is 13.8. The monoisotopic (exact) mass is 261 g/mol. The minimum atomic E-state index is -0.327. The fourth-order valence-electron chi connectivity index (χ4n) is 2.13. The lowest BCUT2D eigenvalue weighted by Crippen LogP contribution is -2.58. The van der Waals surface area contributed by atoms with Gasteiger partial charge < -0.3 is 10.2 Å². The van der Waals surface area contributed by atoms with Crippen molar-refractivity contribution >= 4 is 11.8 Å². The van der Waals surface area contributed by atoms with E-state index in [2.05, 4.69) is 10.6 Å². The summed E-state index contributed by atoms with van der Waals surface area (Å²) < 4.78 is 0. The predicted octanol–water partition coefficient (Wildman–Crippen LogP) is 0.0414. The largest absolute Gasteiger partial charge is 0.353 e. The molecule has 1 aliphatic heterocycles. The Kier molecular flexibility index (Phi) is 4.16. The van der Waals surface area contributed by atoms with E-state index in [1.54, 1.807) is 11.9 Å². The quantitative estimate of drug-likeness (QED) is 0.807. The number of likely N-dealkylation sites (N-methyl/N-ethyl adjacent to an activating group) is 1. The highest BCUT2D eigenvalue weighted by molar-refractivity contribution is 5.86. The van der Waals surface area contributed by atoms with Crippen LogP contribution in [0.5, 0.6) is 0 Å². The Labute approximate surface area is 113 Å². The molecular weight excluding hydrogens is 242 g/mol. The molecule has 2 N–H and O–H groups in total. The third-order valence-electron chi connectivity index (χ3n) is 3.36. The highest BCUT2D eigenvalue weighted by Gasteiger charge is 2.26. The molecule has 1 aromatic rings. The van der Waals surface area contributed by atoms with Crippen LogP contribution in [0.1, 0.15) is 11.1 Å². The lowest BCUT2D eigenvalue weighted by Gasteiger charge is -2.28. The summed E-state index contributed by atoms with van der Waals surface area (Å²) in [6.45, 7) is 3.18. The van der Waals surface area contributed by atoms with E-state index < -0.39 is 0 Å². The second kappa shape index (κ2) is 5.84. The molecule has 1 aromatic carbocycles. The van der Waals surface area contributed by atoms with Gasteiger partial charge in [0.15, 0.2) is 0 Å². The first-order valence-corrected chi connectivity index (χ1v) is 6.37. The summed E-state index contributed by atoms with van der Waals surface area (Å²) in [4.78, 5) is 25.0. The van der Waals surface area contributed by atoms with E-state index in [1.807, 2.05) is 31.2 Å². The Morgan fingerprint density at radius 2 is 2.16 bits per heavy atom. The molecule has 0 radical (unpaired) electrons. The zero-order valence-electron chi connectivity index (χ0n) is 11.3. The maximum Gasteiger partial charge on any atom is 0.241 e. The van der Waals surface area contributed by atoms with Gasteiger partial charge in [-0.25, -0.2) is 0 Å². The van der Waals surface area contributed by atoms with Crippen molar-refractivity contribution in [1.82, 2.24) is 15.5 Å². The summed E-state index contributed by atoms with van der Waals surface area (Å²) in [5.41, 5.74) is 2.31. The van der Waals surface area contributed by atoms with Crippen LogP contribution in [0.15, 0.2) is 24.3 Å². The molecule has 5 heteroatoms. The van der Waals surface area contributed by atoms with E-state index in [-0.39, 0.29) is 24.4 Å². The van der Waals surface area contributed by atoms with Crippen molar-refractivity contribution < 1.29 is 9.59 Å². The lowest BCUT2D eigenvalue weighted by molar-refractivity contribution is -0.134. The van der Waals surface area contributed by atoms with Crippen LogP contribution in [0, 0.1) is 6.92 Å². The molecule has 2 rings (SSSR count). The van der Waals surface area contributed by atoms with Crippen LogP contribution >= 0.6 is 0 Å². The summed E-state index contributed by atoms with van der Waals surface area (Å²) in [6.07, 6.45) is 0. The molecular formula is C14H19N3O2. The first kappa shape index (κ1) is 13.5. The average molecular weight is 261 g/mol. The minimum Gasteiger partial charge on any atom is -0.353 e. The van der Waals surface area contributed by atoms with Gasteiger partial charge in [0.1, 0.15) is 6.04 Å². The van der Waals surface area contributed by atoms with E-state index in [1.165, 1.54) is 5.56 Å². The van der Waals surface area contributed by atoms with Crippen molar-refractivity contribution in [2.45, 2.75) is 19.5 Å². The number of carbonyl (C=O) groups excluding carboxylic acids is 2. The first-order chi connectivity index (χ1) is 9.08. The smallest absolute Gasteiger partial charge is 0.241 e. The summed E-state index contributed by atoms with van der Waals surface area (Å²) >= 11 is 0. The number of aryl methyl sites for hydroxylation is 1. The van der Waals surface area contributed by atoms with Crippen molar-refractivity contribution in [3.05, 3.63) is 35.4 Å². The van der Waals surface area contributed by atoms with Crippen LogP contribution in [0.2, 0.25) is 0 Å². The second-order valence-corrected chi connectivity index (χ2v) is 4.86. The number of amides is 2. The Morgan fingerprint density at radius 1 is 1.42 bits per heavy atom.